The molecule has 0 saturated carbocycles. The molecule has 0 aromatic heterocycles. The number of nitro benzene ring substituents is 1. The Morgan fingerprint density at radius 1 is 1.56 bits per heavy atom. The van der Waals surface area contributed by atoms with Crippen LogP contribution in [0.15, 0.2) is 18.2 Å². The fraction of sp³-hybridized carbons (Fsp3) is 0.417. The highest BCUT2D eigenvalue weighted by Crippen LogP contribution is 2.31. The van der Waals surface area contributed by atoms with E-state index < -0.39 is 4.92 Å². The number of aryl methyl sites for hydroxylation is 1. The van der Waals surface area contributed by atoms with Crippen LogP contribution >= 0.6 is 15.9 Å². The number of carbonyl (C=O) groups is 1. The number of amides is 1. The summed E-state index contributed by atoms with van der Waals surface area (Å²) in [5.41, 5.74) is 1.55. The van der Waals surface area contributed by atoms with Crippen molar-refractivity contribution in [2.75, 3.05) is 16.8 Å². The molecular weight excluding hydrogens is 300 g/mol. The van der Waals surface area contributed by atoms with E-state index in [-0.39, 0.29) is 17.5 Å². The molecule has 1 unspecified atom stereocenters. The molecule has 0 aliphatic carbocycles. The van der Waals surface area contributed by atoms with E-state index in [1.54, 1.807) is 11.0 Å². The van der Waals surface area contributed by atoms with E-state index >= 15 is 0 Å². The summed E-state index contributed by atoms with van der Waals surface area (Å²) in [5.74, 6) is 0.305. The SMILES string of the molecule is Cc1ccc([N+](=O)[O-])cc1N1CC(CBr)CC1=O. The number of alkyl halides is 1. The van der Waals surface area contributed by atoms with Crippen LogP contribution in [0.2, 0.25) is 0 Å². The molecule has 0 N–H and O–H groups in total. The summed E-state index contributed by atoms with van der Waals surface area (Å²) in [4.78, 5) is 23.9. The number of nitrogens with zero attached hydrogens (tertiary/aromatic N) is 2. The Hall–Kier alpha value is -1.43. The zero-order valence-corrected chi connectivity index (χ0v) is 11.5. The van der Waals surface area contributed by atoms with Gasteiger partial charge in [0.2, 0.25) is 5.91 Å². The standard InChI is InChI=1S/C12H13BrN2O3/c1-8-2-3-10(15(17)18)5-11(8)14-7-9(6-13)4-12(14)16/h2-3,5,9H,4,6-7H2,1H3. The van der Waals surface area contributed by atoms with Gasteiger partial charge in [-0.3, -0.25) is 14.9 Å². The van der Waals surface area contributed by atoms with Crippen molar-refractivity contribution in [2.24, 2.45) is 5.92 Å². The molecule has 0 bridgehead atoms. The monoisotopic (exact) mass is 312 g/mol. The minimum atomic E-state index is -0.439. The fourth-order valence-corrected chi connectivity index (χ4v) is 2.55. The molecule has 1 fully saturated rings. The molecule has 1 amide bonds. The Kier molecular flexibility index (Phi) is 3.65. The van der Waals surface area contributed by atoms with Gasteiger partial charge in [-0.25, -0.2) is 0 Å². The predicted octanol–water partition coefficient (Wildman–Crippen LogP) is 2.65. The van der Waals surface area contributed by atoms with E-state index in [1.807, 2.05) is 6.92 Å². The highest BCUT2D eigenvalue weighted by molar-refractivity contribution is 9.09. The van der Waals surface area contributed by atoms with Crippen LogP contribution < -0.4 is 4.90 Å². The van der Waals surface area contributed by atoms with Crippen molar-refractivity contribution in [3.63, 3.8) is 0 Å². The molecular formula is C12H13BrN2O3. The highest BCUT2D eigenvalue weighted by Gasteiger charge is 2.31. The van der Waals surface area contributed by atoms with E-state index in [4.69, 9.17) is 0 Å². The second kappa shape index (κ2) is 5.06. The number of anilines is 1. The lowest BCUT2D eigenvalue weighted by Gasteiger charge is -2.18. The molecule has 18 heavy (non-hydrogen) atoms. The van der Waals surface area contributed by atoms with Crippen molar-refractivity contribution >= 4 is 33.2 Å². The van der Waals surface area contributed by atoms with Crippen LogP contribution in [0.1, 0.15) is 12.0 Å². The average Bonchev–Trinajstić information content (AvgIpc) is 2.71. The first-order valence-electron chi connectivity index (χ1n) is 5.64. The number of hydrogen-bond acceptors (Lipinski definition) is 3. The third kappa shape index (κ3) is 2.38. The van der Waals surface area contributed by atoms with Crippen LogP contribution in [-0.2, 0) is 4.79 Å². The Labute approximate surface area is 113 Å². The van der Waals surface area contributed by atoms with Gasteiger partial charge in [-0.05, 0) is 18.4 Å². The molecule has 0 spiro atoms. The van der Waals surface area contributed by atoms with Gasteiger partial charge in [-0.2, -0.15) is 0 Å². The van der Waals surface area contributed by atoms with Crippen molar-refractivity contribution in [1.82, 2.24) is 0 Å². The predicted molar refractivity (Wildman–Crippen MR) is 72.1 cm³/mol. The summed E-state index contributed by atoms with van der Waals surface area (Å²) < 4.78 is 0. The van der Waals surface area contributed by atoms with Gasteiger partial charge in [0.1, 0.15) is 0 Å². The van der Waals surface area contributed by atoms with Crippen LogP contribution in [-0.4, -0.2) is 22.7 Å². The van der Waals surface area contributed by atoms with E-state index in [2.05, 4.69) is 15.9 Å². The molecule has 0 radical (unpaired) electrons. The Balaban J connectivity index is 2.35. The molecule has 1 saturated heterocycles. The smallest absolute Gasteiger partial charge is 0.271 e. The minimum Gasteiger partial charge on any atom is -0.312 e. The van der Waals surface area contributed by atoms with Gasteiger partial charge < -0.3 is 4.90 Å². The van der Waals surface area contributed by atoms with Crippen LogP contribution in [0, 0.1) is 23.0 Å². The van der Waals surface area contributed by atoms with Crippen LogP contribution in [0.25, 0.3) is 0 Å². The normalized spacial score (nSPS) is 19.3. The first kappa shape index (κ1) is 13.0. The van der Waals surface area contributed by atoms with Crippen LogP contribution in [0.3, 0.4) is 0 Å². The quantitative estimate of drug-likeness (QED) is 0.489. The lowest BCUT2D eigenvalue weighted by atomic mass is 10.1. The lowest BCUT2D eigenvalue weighted by Crippen LogP contribution is -2.25. The average molecular weight is 313 g/mol. The molecule has 6 heteroatoms. The Morgan fingerprint density at radius 3 is 2.83 bits per heavy atom. The summed E-state index contributed by atoms with van der Waals surface area (Å²) in [7, 11) is 0. The van der Waals surface area contributed by atoms with E-state index in [0.717, 1.165) is 10.9 Å². The largest absolute Gasteiger partial charge is 0.312 e. The molecule has 96 valence electrons. The third-order valence-electron chi connectivity index (χ3n) is 3.12. The highest BCUT2D eigenvalue weighted by atomic mass is 79.9. The van der Waals surface area contributed by atoms with Gasteiger partial charge in [0.25, 0.3) is 5.69 Å². The number of non-ortho nitro benzene ring substituents is 1. The number of hydrogen-bond donors (Lipinski definition) is 0. The van der Waals surface area contributed by atoms with Gasteiger partial charge in [0, 0.05) is 30.4 Å². The van der Waals surface area contributed by atoms with Crippen molar-refractivity contribution in [3.8, 4) is 0 Å². The van der Waals surface area contributed by atoms with Gasteiger partial charge in [0.15, 0.2) is 0 Å². The number of benzene rings is 1. The number of carbonyl (C=O) groups excluding carboxylic acids is 1. The Morgan fingerprint density at radius 2 is 2.28 bits per heavy atom. The summed E-state index contributed by atoms with van der Waals surface area (Å²) >= 11 is 3.37. The fourth-order valence-electron chi connectivity index (χ4n) is 2.12. The lowest BCUT2D eigenvalue weighted by molar-refractivity contribution is -0.384. The maximum atomic E-state index is 11.9. The summed E-state index contributed by atoms with van der Waals surface area (Å²) in [6.07, 6.45) is 0.493. The van der Waals surface area contributed by atoms with Crippen molar-refractivity contribution in [3.05, 3.63) is 33.9 Å². The molecule has 1 aliphatic rings. The summed E-state index contributed by atoms with van der Waals surface area (Å²) in [5, 5.41) is 11.5. The molecule has 1 aliphatic heterocycles. The van der Waals surface area contributed by atoms with Crippen molar-refractivity contribution in [1.29, 1.82) is 0 Å². The molecule has 1 aromatic carbocycles. The van der Waals surface area contributed by atoms with Gasteiger partial charge in [0.05, 0.1) is 10.6 Å². The second-order valence-electron chi connectivity index (χ2n) is 4.46. The van der Waals surface area contributed by atoms with Crippen molar-refractivity contribution in [2.45, 2.75) is 13.3 Å². The number of rotatable bonds is 3. The van der Waals surface area contributed by atoms with Crippen molar-refractivity contribution < 1.29 is 9.72 Å². The van der Waals surface area contributed by atoms with Gasteiger partial charge >= 0.3 is 0 Å². The third-order valence-corrected chi connectivity index (χ3v) is 4.03. The molecule has 1 aromatic rings. The molecule has 5 nitrogen and oxygen atoms in total. The molecule has 1 heterocycles. The number of nitro groups is 1. The molecule has 1 atom stereocenters. The minimum absolute atomic E-state index is 0.0192. The first-order chi connectivity index (χ1) is 8.52. The zero-order valence-electron chi connectivity index (χ0n) is 9.93. The van der Waals surface area contributed by atoms with Gasteiger partial charge in [-0.1, -0.05) is 22.0 Å². The van der Waals surface area contributed by atoms with Gasteiger partial charge in [-0.15, -0.1) is 0 Å². The van der Waals surface area contributed by atoms with E-state index in [1.165, 1.54) is 12.1 Å². The number of halogens is 1. The first-order valence-corrected chi connectivity index (χ1v) is 6.76. The molecule has 2 rings (SSSR count). The van der Waals surface area contributed by atoms with Crippen LogP contribution in [0.4, 0.5) is 11.4 Å². The topological polar surface area (TPSA) is 63.5 Å². The maximum Gasteiger partial charge on any atom is 0.271 e. The second-order valence-corrected chi connectivity index (χ2v) is 5.10. The zero-order chi connectivity index (χ0) is 13.3. The Bertz CT molecular complexity index is 504. The summed E-state index contributed by atoms with van der Waals surface area (Å²) in [6.45, 7) is 2.47. The van der Waals surface area contributed by atoms with E-state index in [9.17, 15) is 14.9 Å². The van der Waals surface area contributed by atoms with Crippen LogP contribution in [0.5, 0.6) is 0 Å². The van der Waals surface area contributed by atoms with E-state index in [0.29, 0.717) is 18.7 Å². The summed E-state index contributed by atoms with van der Waals surface area (Å²) in [6, 6.07) is 4.62. The maximum absolute atomic E-state index is 11.9.